The highest BCUT2D eigenvalue weighted by Crippen LogP contribution is 2.21. The first-order valence-corrected chi connectivity index (χ1v) is 15.8. The molecule has 3 atom stereocenters. The molecule has 0 aliphatic carbocycles. The fourth-order valence-electron chi connectivity index (χ4n) is 5.28. The molecule has 0 saturated heterocycles. The van der Waals surface area contributed by atoms with E-state index in [1.54, 1.807) is 30.9 Å². The molecular weight excluding hydrogens is 602 g/mol. The van der Waals surface area contributed by atoms with Gasteiger partial charge in [0.05, 0.1) is 6.04 Å². The molecular formula is C33H43N9O5. The van der Waals surface area contributed by atoms with Crippen molar-refractivity contribution in [3.05, 3.63) is 77.6 Å². The molecule has 0 spiro atoms. The summed E-state index contributed by atoms with van der Waals surface area (Å²) in [6.07, 6.45) is 3.64. The third-order valence-electron chi connectivity index (χ3n) is 7.78. The smallest absolute Gasteiger partial charge is 0.254 e. The molecule has 14 heteroatoms. The van der Waals surface area contributed by atoms with E-state index in [0.717, 1.165) is 5.56 Å². The molecule has 0 unspecified atom stereocenters. The van der Waals surface area contributed by atoms with Gasteiger partial charge in [0.15, 0.2) is 5.82 Å². The quantitative estimate of drug-likeness (QED) is 0.325. The van der Waals surface area contributed by atoms with E-state index in [1.807, 2.05) is 44.2 Å². The Morgan fingerprint density at radius 1 is 0.936 bits per heavy atom. The number of nitrogens with one attached hydrogen (secondary N) is 4. The molecule has 1 aliphatic rings. The van der Waals surface area contributed by atoms with Crippen LogP contribution in [0.3, 0.4) is 0 Å². The standard InChI is InChI=1S/C33H43N9O5/c1-21(2)29-30-37-23(4)40-42(30)20-28(44)35-16-18-41(33(47)25-12-14-34-15-13-25)17-8-11-27(43)36-22(3)31(45)38-26(32(46)39-29)19-24-9-6-5-7-10-24/h5-7,9-10,12-15,21-22,26,29H,8,11,16-20H2,1-4H3,(H,35,44)(H,36,43)(H,38,45)(H,39,46)/t22-,26+,29-/m0/s1. The number of hydrogen-bond donors (Lipinski definition) is 4. The minimum absolute atomic E-state index is 0.0581. The van der Waals surface area contributed by atoms with E-state index >= 15 is 0 Å². The Labute approximate surface area is 274 Å². The van der Waals surface area contributed by atoms with Gasteiger partial charge < -0.3 is 26.2 Å². The van der Waals surface area contributed by atoms with E-state index in [2.05, 4.69) is 36.3 Å². The van der Waals surface area contributed by atoms with Crippen LogP contribution in [-0.4, -0.2) is 85.9 Å². The minimum Gasteiger partial charge on any atom is -0.353 e. The maximum Gasteiger partial charge on any atom is 0.254 e. The summed E-state index contributed by atoms with van der Waals surface area (Å²) in [4.78, 5) is 76.4. The molecule has 0 fully saturated rings. The molecule has 0 bridgehead atoms. The summed E-state index contributed by atoms with van der Waals surface area (Å²) in [7, 11) is 0. The highest BCUT2D eigenvalue weighted by atomic mass is 16.2. The van der Waals surface area contributed by atoms with E-state index in [1.165, 1.54) is 17.1 Å². The number of fused-ring (bicyclic) bond motifs is 1. The van der Waals surface area contributed by atoms with Gasteiger partial charge in [-0.2, -0.15) is 5.10 Å². The van der Waals surface area contributed by atoms with Gasteiger partial charge in [0, 0.05) is 50.4 Å². The maximum atomic E-state index is 13.8. The van der Waals surface area contributed by atoms with Gasteiger partial charge in [-0.3, -0.25) is 29.0 Å². The number of aromatic nitrogens is 4. The van der Waals surface area contributed by atoms with Crippen molar-refractivity contribution in [1.82, 2.24) is 45.9 Å². The lowest BCUT2D eigenvalue weighted by molar-refractivity contribution is -0.132. The van der Waals surface area contributed by atoms with Crippen molar-refractivity contribution in [1.29, 1.82) is 0 Å². The zero-order valence-electron chi connectivity index (χ0n) is 27.2. The first-order chi connectivity index (χ1) is 22.5. The van der Waals surface area contributed by atoms with Gasteiger partial charge in [0.1, 0.15) is 24.5 Å². The summed E-state index contributed by atoms with van der Waals surface area (Å²) < 4.78 is 1.47. The van der Waals surface area contributed by atoms with E-state index < -0.39 is 29.9 Å². The van der Waals surface area contributed by atoms with Crippen LogP contribution in [0.15, 0.2) is 54.9 Å². The number of aryl methyl sites for hydroxylation is 1. The number of rotatable bonds is 4. The Bertz CT molecular complexity index is 1540. The molecule has 0 radical (unpaired) electrons. The summed E-state index contributed by atoms with van der Waals surface area (Å²) in [5, 5.41) is 15.8. The molecule has 4 N–H and O–H groups in total. The molecule has 3 heterocycles. The first-order valence-electron chi connectivity index (χ1n) is 15.8. The van der Waals surface area contributed by atoms with Crippen LogP contribution in [0.1, 0.15) is 67.2 Å². The lowest BCUT2D eigenvalue weighted by Crippen LogP contribution is -2.54. The Morgan fingerprint density at radius 2 is 1.66 bits per heavy atom. The van der Waals surface area contributed by atoms with Crippen LogP contribution in [0, 0.1) is 12.8 Å². The molecule has 2 aromatic heterocycles. The third kappa shape index (κ3) is 9.92. The molecule has 47 heavy (non-hydrogen) atoms. The molecule has 250 valence electrons. The second-order valence-corrected chi connectivity index (χ2v) is 11.9. The molecule has 3 aromatic rings. The molecule has 0 saturated carbocycles. The topological polar surface area (TPSA) is 180 Å². The van der Waals surface area contributed by atoms with Crippen LogP contribution in [0.25, 0.3) is 0 Å². The molecule has 1 aliphatic heterocycles. The van der Waals surface area contributed by atoms with Crippen LogP contribution < -0.4 is 21.3 Å². The van der Waals surface area contributed by atoms with Gasteiger partial charge in [0.2, 0.25) is 23.6 Å². The summed E-state index contributed by atoms with van der Waals surface area (Å²) in [5.74, 6) is -1.26. The fraction of sp³-hybridized carbons (Fsp3) is 0.455. The van der Waals surface area contributed by atoms with Gasteiger partial charge in [-0.1, -0.05) is 44.2 Å². The van der Waals surface area contributed by atoms with Crippen molar-refractivity contribution in [2.75, 3.05) is 19.6 Å². The first kappa shape index (κ1) is 34.7. The number of carbonyl (C=O) groups is 5. The minimum atomic E-state index is -0.968. The number of benzene rings is 1. The van der Waals surface area contributed by atoms with Crippen molar-refractivity contribution in [2.45, 2.75) is 71.6 Å². The fourth-order valence-corrected chi connectivity index (χ4v) is 5.28. The summed E-state index contributed by atoms with van der Waals surface area (Å²) in [6.45, 7) is 7.53. The second kappa shape index (κ2) is 16.4. The van der Waals surface area contributed by atoms with Gasteiger partial charge in [-0.25, -0.2) is 9.67 Å². The number of pyridine rings is 1. The van der Waals surface area contributed by atoms with Crippen LogP contribution in [0.4, 0.5) is 0 Å². The van der Waals surface area contributed by atoms with Crippen molar-refractivity contribution in [3.63, 3.8) is 0 Å². The van der Waals surface area contributed by atoms with Crippen LogP contribution in [0.5, 0.6) is 0 Å². The number of amides is 5. The average molecular weight is 646 g/mol. The third-order valence-corrected chi connectivity index (χ3v) is 7.78. The predicted molar refractivity (Wildman–Crippen MR) is 173 cm³/mol. The summed E-state index contributed by atoms with van der Waals surface area (Å²) in [5.41, 5.74) is 1.27. The lowest BCUT2D eigenvalue weighted by Gasteiger charge is -2.27. The Balaban J connectivity index is 1.62. The van der Waals surface area contributed by atoms with E-state index in [0.29, 0.717) is 23.6 Å². The number of hydrogen-bond acceptors (Lipinski definition) is 8. The normalized spacial score (nSPS) is 20.8. The van der Waals surface area contributed by atoms with Gasteiger partial charge in [0.25, 0.3) is 5.91 Å². The van der Waals surface area contributed by atoms with Gasteiger partial charge >= 0.3 is 0 Å². The Morgan fingerprint density at radius 3 is 2.36 bits per heavy atom. The van der Waals surface area contributed by atoms with Crippen molar-refractivity contribution >= 4 is 29.5 Å². The zero-order chi connectivity index (χ0) is 33.9. The molecule has 14 nitrogen and oxygen atoms in total. The average Bonchev–Trinajstić information content (AvgIpc) is 3.41. The SMILES string of the molecule is Cc1nc2n(n1)CC(=O)NCCN(C(=O)c1ccncc1)CCCC(=O)N[C@@H](C)C(=O)N[C@H](Cc1ccccc1)C(=O)N[C@H]2C(C)C. The summed E-state index contributed by atoms with van der Waals surface area (Å²) >= 11 is 0. The predicted octanol–water partition coefficient (Wildman–Crippen LogP) is 1.08. The zero-order valence-corrected chi connectivity index (χ0v) is 27.2. The summed E-state index contributed by atoms with van der Waals surface area (Å²) in [6, 6.07) is 9.98. The highest BCUT2D eigenvalue weighted by molar-refractivity contribution is 5.94. The second-order valence-electron chi connectivity index (χ2n) is 11.9. The molecule has 5 amide bonds. The molecule has 1 aromatic carbocycles. The monoisotopic (exact) mass is 645 g/mol. The van der Waals surface area contributed by atoms with Crippen LogP contribution >= 0.6 is 0 Å². The van der Waals surface area contributed by atoms with E-state index in [4.69, 9.17) is 0 Å². The lowest BCUT2D eigenvalue weighted by atomic mass is 10.0. The van der Waals surface area contributed by atoms with Crippen molar-refractivity contribution in [2.24, 2.45) is 5.92 Å². The van der Waals surface area contributed by atoms with Crippen molar-refractivity contribution < 1.29 is 24.0 Å². The Hall–Kier alpha value is -5.14. The Kier molecular flexibility index (Phi) is 12.1. The van der Waals surface area contributed by atoms with E-state index in [9.17, 15) is 24.0 Å². The van der Waals surface area contributed by atoms with Crippen molar-refractivity contribution in [3.8, 4) is 0 Å². The largest absolute Gasteiger partial charge is 0.353 e. The van der Waals surface area contributed by atoms with Gasteiger partial charge in [-0.05, 0) is 43.9 Å². The van der Waals surface area contributed by atoms with Crippen LogP contribution in [0.2, 0.25) is 0 Å². The van der Waals surface area contributed by atoms with E-state index in [-0.39, 0.29) is 62.7 Å². The number of carbonyl (C=O) groups excluding carboxylic acids is 5. The maximum absolute atomic E-state index is 13.8. The van der Waals surface area contributed by atoms with Gasteiger partial charge in [-0.15, -0.1) is 0 Å². The molecule has 4 rings (SSSR count). The number of nitrogens with zero attached hydrogens (tertiary/aromatic N) is 5. The highest BCUT2D eigenvalue weighted by Gasteiger charge is 2.31. The van der Waals surface area contributed by atoms with Crippen LogP contribution in [-0.2, 0) is 32.1 Å².